The molecule has 2 aromatic rings. The van der Waals surface area contributed by atoms with E-state index in [1.54, 1.807) is 0 Å². The molecule has 5 nitrogen and oxygen atoms in total. The lowest BCUT2D eigenvalue weighted by atomic mass is 10.00. The molecule has 0 saturated carbocycles. The second-order valence-electron chi connectivity index (χ2n) is 6.73. The van der Waals surface area contributed by atoms with Crippen molar-refractivity contribution in [1.82, 2.24) is 19.4 Å². The van der Waals surface area contributed by atoms with Crippen LogP contribution < -0.4 is 0 Å². The minimum Gasteiger partial charge on any atom is -0.381 e. The number of imidazole rings is 1. The van der Waals surface area contributed by atoms with Crippen molar-refractivity contribution in [3.05, 3.63) is 24.2 Å². The Hall–Kier alpha value is -1.46. The van der Waals surface area contributed by atoms with Crippen molar-refractivity contribution < 1.29 is 4.74 Å². The van der Waals surface area contributed by atoms with Gasteiger partial charge < -0.3 is 14.2 Å². The van der Waals surface area contributed by atoms with Crippen molar-refractivity contribution in [2.45, 2.75) is 31.7 Å². The number of aromatic nitrogens is 3. The van der Waals surface area contributed by atoms with Gasteiger partial charge in [-0.15, -0.1) is 0 Å². The van der Waals surface area contributed by atoms with Crippen LogP contribution in [0.4, 0.5) is 0 Å². The zero-order valence-electron chi connectivity index (χ0n) is 13.2. The molecule has 0 amide bonds. The molecule has 2 aliphatic rings. The molecule has 2 aliphatic heterocycles. The van der Waals surface area contributed by atoms with E-state index in [-0.39, 0.29) is 0 Å². The Kier molecular flexibility index (Phi) is 3.84. The summed E-state index contributed by atoms with van der Waals surface area (Å²) in [7, 11) is 2.20. The third kappa shape index (κ3) is 2.63. The van der Waals surface area contributed by atoms with Crippen LogP contribution in [0.25, 0.3) is 11.2 Å². The van der Waals surface area contributed by atoms with Crippen LogP contribution in [0.3, 0.4) is 0 Å². The summed E-state index contributed by atoms with van der Waals surface area (Å²) in [6.45, 7) is 5.10. The van der Waals surface area contributed by atoms with E-state index in [9.17, 15) is 0 Å². The Morgan fingerprint density at radius 3 is 2.91 bits per heavy atom. The van der Waals surface area contributed by atoms with E-state index in [2.05, 4.69) is 27.6 Å². The van der Waals surface area contributed by atoms with Gasteiger partial charge in [-0.1, -0.05) is 0 Å². The minimum atomic E-state index is 0.541. The van der Waals surface area contributed by atoms with Crippen molar-refractivity contribution in [2.75, 3.05) is 33.4 Å². The topological polar surface area (TPSA) is 43.2 Å². The van der Waals surface area contributed by atoms with Crippen LogP contribution in [0.5, 0.6) is 0 Å². The molecule has 2 aromatic heterocycles. The summed E-state index contributed by atoms with van der Waals surface area (Å²) in [6.07, 6.45) is 5.38. The van der Waals surface area contributed by atoms with Crippen molar-refractivity contribution in [1.29, 1.82) is 0 Å². The molecular formula is C17H24N4O. The summed E-state index contributed by atoms with van der Waals surface area (Å²) in [5.74, 6) is 2.47. The van der Waals surface area contributed by atoms with Crippen molar-refractivity contribution in [2.24, 2.45) is 5.92 Å². The van der Waals surface area contributed by atoms with Crippen LogP contribution in [-0.4, -0.2) is 52.8 Å². The van der Waals surface area contributed by atoms with Crippen LogP contribution >= 0.6 is 0 Å². The van der Waals surface area contributed by atoms with E-state index in [4.69, 9.17) is 9.72 Å². The molecule has 1 atom stereocenters. The van der Waals surface area contributed by atoms with E-state index >= 15 is 0 Å². The normalized spacial score (nSPS) is 24.3. The highest BCUT2D eigenvalue weighted by Gasteiger charge is 2.28. The molecular weight excluding hydrogens is 276 g/mol. The Morgan fingerprint density at radius 1 is 1.27 bits per heavy atom. The predicted octanol–water partition coefficient (Wildman–Crippen LogP) is 2.28. The van der Waals surface area contributed by atoms with Crippen LogP contribution in [0.2, 0.25) is 0 Å². The number of likely N-dealkylation sites (tertiary alicyclic amines) is 1. The smallest absolute Gasteiger partial charge is 0.160 e. The highest BCUT2D eigenvalue weighted by molar-refractivity contribution is 5.71. The average Bonchev–Trinajstić information content (AvgIpc) is 3.13. The van der Waals surface area contributed by atoms with Crippen molar-refractivity contribution >= 4 is 11.2 Å². The van der Waals surface area contributed by atoms with Gasteiger partial charge >= 0.3 is 0 Å². The van der Waals surface area contributed by atoms with Gasteiger partial charge in [0.15, 0.2) is 5.65 Å². The van der Waals surface area contributed by atoms with Gasteiger partial charge in [-0.3, -0.25) is 0 Å². The summed E-state index contributed by atoms with van der Waals surface area (Å²) in [6, 6.07) is 4.07. The van der Waals surface area contributed by atoms with E-state index < -0.39 is 0 Å². The maximum atomic E-state index is 5.50. The van der Waals surface area contributed by atoms with Gasteiger partial charge in [-0.25, -0.2) is 9.97 Å². The highest BCUT2D eigenvalue weighted by Crippen LogP contribution is 2.30. The fourth-order valence-electron chi connectivity index (χ4n) is 3.80. The molecule has 118 valence electrons. The maximum Gasteiger partial charge on any atom is 0.160 e. The maximum absolute atomic E-state index is 5.50. The Labute approximate surface area is 131 Å². The van der Waals surface area contributed by atoms with Crippen LogP contribution in [0.15, 0.2) is 18.3 Å². The van der Waals surface area contributed by atoms with E-state index in [0.717, 1.165) is 50.3 Å². The van der Waals surface area contributed by atoms with Crippen molar-refractivity contribution in [3.8, 4) is 0 Å². The van der Waals surface area contributed by atoms with Crippen LogP contribution in [0, 0.1) is 5.92 Å². The lowest BCUT2D eigenvalue weighted by Gasteiger charge is -2.24. The molecule has 0 radical (unpaired) electrons. The lowest BCUT2D eigenvalue weighted by Crippen LogP contribution is -2.23. The number of rotatable bonds is 3. The molecule has 2 fully saturated rings. The molecule has 0 bridgehead atoms. The summed E-state index contributed by atoms with van der Waals surface area (Å²) in [5, 5.41) is 0. The first kappa shape index (κ1) is 14.2. The van der Waals surface area contributed by atoms with E-state index in [0.29, 0.717) is 11.8 Å². The number of ether oxygens (including phenoxy) is 1. The molecule has 0 aliphatic carbocycles. The van der Waals surface area contributed by atoms with Crippen LogP contribution in [0.1, 0.15) is 31.0 Å². The van der Waals surface area contributed by atoms with Gasteiger partial charge in [0, 0.05) is 38.4 Å². The van der Waals surface area contributed by atoms with Gasteiger partial charge in [0.1, 0.15) is 11.3 Å². The SMILES string of the molecule is CN1CCC(c2nc3cccnc3n2CC2CCOCC2)C1. The number of nitrogens with zero attached hydrogens (tertiary/aromatic N) is 4. The number of likely N-dealkylation sites (N-methyl/N-ethyl adjacent to an activating group) is 1. The molecule has 0 aromatic carbocycles. The number of fused-ring (bicyclic) bond motifs is 1. The van der Waals surface area contributed by atoms with Crippen LogP contribution in [-0.2, 0) is 11.3 Å². The zero-order valence-corrected chi connectivity index (χ0v) is 13.2. The second kappa shape index (κ2) is 5.97. The predicted molar refractivity (Wildman–Crippen MR) is 85.9 cm³/mol. The molecule has 0 N–H and O–H groups in total. The molecule has 0 spiro atoms. The summed E-state index contributed by atoms with van der Waals surface area (Å²) >= 11 is 0. The first-order valence-corrected chi connectivity index (χ1v) is 8.38. The Morgan fingerprint density at radius 2 is 2.14 bits per heavy atom. The zero-order chi connectivity index (χ0) is 14.9. The lowest BCUT2D eigenvalue weighted by molar-refractivity contribution is 0.0612. The third-order valence-corrected chi connectivity index (χ3v) is 5.07. The number of pyridine rings is 1. The Bertz CT molecular complexity index is 647. The largest absolute Gasteiger partial charge is 0.381 e. The summed E-state index contributed by atoms with van der Waals surface area (Å²) in [4.78, 5) is 11.9. The van der Waals surface area contributed by atoms with E-state index in [1.165, 1.54) is 18.8 Å². The Balaban J connectivity index is 1.69. The first-order chi connectivity index (χ1) is 10.8. The molecule has 4 heterocycles. The van der Waals surface area contributed by atoms with Gasteiger partial charge in [0.05, 0.1) is 0 Å². The molecule has 4 rings (SSSR count). The van der Waals surface area contributed by atoms with Gasteiger partial charge in [0.2, 0.25) is 0 Å². The van der Waals surface area contributed by atoms with E-state index in [1.807, 2.05) is 12.3 Å². The van der Waals surface area contributed by atoms with Gasteiger partial charge in [0.25, 0.3) is 0 Å². The summed E-state index contributed by atoms with van der Waals surface area (Å²) in [5.41, 5.74) is 2.10. The number of hydrogen-bond acceptors (Lipinski definition) is 4. The first-order valence-electron chi connectivity index (χ1n) is 8.38. The fourth-order valence-corrected chi connectivity index (χ4v) is 3.80. The fraction of sp³-hybridized carbons (Fsp3) is 0.647. The molecule has 2 saturated heterocycles. The quantitative estimate of drug-likeness (QED) is 0.872. The molecule has 5 heteroatoms. The average molecular weight is 300 g/mol. The molecule has 22 heavy (non-hydrogen) atoms. The standard InChI is InChI=1S/C17H24N4O/c1-20-8-4-14(12-20)16-19-15-3-2-7-18-17(15)21(16)11-13-5-9-22-10-6-13/h2-3,7,13-14H,4-6,8-12H2,1H3. The van der Waals surface area contributed by atoms with Crippen molar-refractivity contribution in [3.63, 3.8) is 0 Å². The monoisotopic (exact) mass is 300 g/mol. The highest BCUT2D eigenvalue weighted by atomic mass is 16.5. The van der Waals surface area contributed by atoms with Gasteiger partial charge in [-0.05, 0) is 50.9 Å². The summed E-state index contributed by atoms with van der Waals surface area (Å²) < 4.78 is 7.90. The third-order valence-electron chi connectivity index (χ3n) is 5.07. The molecule has 1 unspecified atom stereocenters. The minimum absolute atomic E-state index is 0.541. The number of hydrogen-bond donors (Lipinski definition) is 0. The van der Waals surface area contributed by atoms with Gasteiger partial charge in [-0.2, -0.15) is 0 Å². The second-order valence-corrected chi connectivity index (χ2v) is 6.73.